The number of carbonyl (C=O) groups is 1. The largest absolute Gasteiger partial charge is 0.381 e. The zero-order valence-electron chi connectivity index (χ0n) is 10.9. The van der Waals surface area contributed by atoms with Crippen LogP contribution in [0.1, 0.15) is 24.5 Å². The minimum absolute atomic E-state index is 0.0227. The Morgan fingerprint density at radius 2 is 1.94 bits per heavy atom. The number of rotatable bonds is 8. The molecular weight excluding hydrogens is 228 g/mol. The van der Waals surface area contributed by atoms with Crippen LogP contribution in [0, 0.1) is 0 Å². The van der Waals surface area contributed by atoms with Gasteiger partial charge in [0.05, 0.1) is 6.61 Å². The van der Waals surface area contributed by atoms with Crippen LogP contribution in [-0.4, -0.2) is 25.7 Å². The number of hydrogen-bond donors (Lipinski definition) is 2. The molecule has 0 unspecified atom stereocenters. The fourth-order valence-electron chi connectivity index (χ4n) is 1.59. The van der Waals surface area contributed by atoms with Crippen molar-refractivity contribution in [3.8, 4) is 0 Å². The summed E-state index contributed by atoms with van der Waals surface area (Å²) in [5, 5.41) is 2.87. The molecule has 100 valence electrons. The van der Waals surface area contributed by atoms with Gasteiger partial charge in [0, 0.05) is 19.6 Å². The molecule has 0 heterocycles. The van der Waals surface area contributed by atoms with Gasteiger partial charge in [-0.3, -0.25) is 4.79 Å². The van der Waals surface area contributed by atoms with Crippen LogP contribution >= 0.6 is 0 Å². The molecule has 0 aliphatic heterocycles. The molecule has 18 heavy (non-hydrogen) atoms. The van der Waals surface area contributed by atoms with Crippen LogP contribution in [0.2, 0.25) is 0 Å². The lowest BCUT2D eigenvalue weighted by Crippen LogP contribution is -2.23. The lowest BCUT2D eigenvalue weighted by Gasteiger charge is -2.06. The maximum absolute atomic E-state index is 11.5. The minimum atomic E-state index is 0.0227. The Hall–Kier alpha value is -1.39. The highest BCUT2D eigenvalue weighted by atomic mass is 16.5. The molecule has 0 bridgehead atoms. The maximum Gasteiger partial charge on any atom is 0.222 e. The van der Waals surface area contributed by atoms with Gasteiger partial charge in [-0.15, -0.1) is 0 Å². The predicted molar refractivity (Wildman–Crippen MR) is 72.2 cm³/mol. The fourth-order valence-corrected chi connectivity index (χ4v) is 1.59. The Bertz CT molecular complexity index is 349. The molecule has 0 saturated heterocycles. The van der Waals surface area contributed by atoms with Gasteiger partial charge in [0.2, 0.25) is 5.91 Å². The summed E-state index contributed by atoms with van der Waals surface area (Å²) in [7, 11) is 0. The monoisotopic (exact) mass is 250 g/mol. The Morgan fingerprint density at radius 1 is 1.28 bits per heavy atom. The highest BCUT2D eigenvalue weighted by molar-refractivity contribution is 5.75. The molecule has 4 heteroatoms. The van der Waals surface area contributed by atoms with Crippen LogP contribution in [-0.2, 0) is 22.5 Å². The summed E-state index contributed by atoms with van der Waals surface area (Å²) in [5.74, 6) is 0.0227. The first-order chi connectivity index (χ1) is 8.76. The van der Waals surface area contributed by atoms with E-state index in [0.717, 1.165) is 12.0 Å². The van der Waals surface area contributed by atoms with Gasteiger partial charge in [-0.2, -0.15) is 0 Å². The van der Waals surface area contributed by atoms with E-state index in [1.807, 2.05) is 19.1 Å². The average Bonchev–Trinajstić information content (AvgIpc) is 2.39. The first-order valence-electron chi connectivity index (χ1n) is 6.38. The Kier molecular flexibility index (Phi) is 7.06. The molecule has 0 saturated carbocycles. The Labute approximate surface area is 109 Å². The molecule has 0 atom stereocenters. The molecule has 1 aromatic carbocycles. The summed E-state index contributed by atoms with van der Waals surface area (Å²) in [4.78, 5) is 11.5. The van der Waals surface area contributed by atoms with Crippen molar-refractivity contribution in [2.45, 2.75) is 26.3 Å². The first-order valence-corrected chi connectivity index (χ1v) is 6.38. The van der Waals surface area contributed by atoms with Crippen molar-refractivity contribution in [1.82, 2.24) is 5.32 Å². The highest BCUT2D eigenvalue weighted by Gasteiger charge is 2.01. The normalized spacial score (nSPS) is 10.3. The molecule has 0 aliphatic carbocycles. The molecule has 1 amide bonds. The third-order valence-electron chi connectivity index (χ3n) is 2.62. The van der Waals surface area contributed by atoms with E-state index in [1.54, 1.807) is 0 Å². The second kappa shape index (κ2) is 8.66. The molecule has 0 fully saturated rings. The predicted octanol–water partition coefficient (Wildman–Crippen LogP) is 1.23. The van der Waals surface area contributed by atoms with Gasteiger partial charge < -0.3 is 15.8 Å². The van der Waals surface area contributed by atoms with Crippen molar-refractivity contribution in [2.75, 3.05) is 19.8 Å². The summed E-state index contributed by atoms with van der Waals surface area (Å²) in [6, 6.07) is 8.14. The van der Waals surface area contributed by atoms with Gasteiger partial charge in [0.1, 0.15) is 0 Å². The van der Waals surface area contributed by atoms with Crippen LogP contribution in [0.15, 0.2) is 24.3 Å². The van der Waals surface area contributed by atoms with E-state index < -0.39 is 0 Å². The molecular formula is C14H22N2O2. The van der Waals surface area contributed by atoms with Crippen molar-refractivity contribution < 1.29 is 9.53 Å². The van der Waals surface area contributed by atoms with Crippen molar-refractivity contribution in [2.24, 2.45) is 5.73 Å². The van der Waals surface area contributed by atoms with E-state index in [1.165, 1.54) is 5.56 Å². The zero-order chi connectivity index (χ0) is 13.2. The lowest BCUT2D eigenvalue weighted by atomic mass is 10.1. The van der Waals surface area contributed by atoms with Crippen LogP contribution in [0.3, 0.4) is 0 Å². The second-order valence-corrected chi connectivity index (χ2v) is 4.08. The van der Waals surface area contributed by atoms with Crippen LogP contribution < -0.4 is 11.1 Å². The topological polar surface area (TPSA) is 64.3 Å². The average molecular weight is 250 g/mol. The van der Waals surface area contributed by atoms with Crippen LogP contribution in [0.5, 0.6) is 0 Å². The number of benzene rings is 1. The number of ether oxygens (including phenoxy) is 1. The van der Waals surface area contributed by atoms with Gasteiger partial charge in [0.25, 0.3) is 0 Å². The summed E-state index contributed by atoms with van der Waals surface area (Å²) < 4.78 is 5.13. The molecule has 4 nitrogen and oxygen atoms in total. The summed E-state index contributed by atoms with van der Waals surface area (Å²) in [6.45, 7) is 4.27. The van der Waals surface area contributed by atoms with Gasteiger partial charge in [-0.05, 0) is 31.0 Å². The molecule has 0 aliphatic rings. The Balaban J connectivity index is 2.27. The third kappa shape index (κ3) is 5.80. The second-order valence-electron chi connectivity index (χ2n) is 4.08. The Morgan fingerprint density at radius 3 is 2.56 bits per heavy atom. The molecule has 0 aromatic heterocycles. The van der Waals surface area contributed by atoms with E-state index in [-0.39, 0.29) is 5.91 Å². The van der Waals surface area contributed by atoms with E-state index in [4.69, 9.17) is 10.5 Å². The molecule has 3 N–H and O–H groups in total. The van der Waals surface area contributed by atoms with E-state index >= 15 is 0 Å². The summed E-state index contributed by atoms with van der Waals surface area (Å²) in [6.07, 6.45) is 1.31. The smallest absolute Gasteiger partial charge is 0.222 e. The van der Waals surface area contributed by atoms with E-state index in [0.29, 0.717) is 32.7 Å². The van der Waals surface area contributed by atoms with Gasteiger partial charge in [-0.1, -0.05) is 24.3 Å². The molecule has 0 radical (unpaired) electrons. The maximum atomic E-state index is 11.5. The molecule has 1 aromatic rings. The number of amides is 1. The number of carbonyl (C=O) groups excluding carboxylic acids is 1. The third-order valence-corrected chi connectivity index (χ3v) is 2.62. The fraction of sp³-hybridized carbons (Fsp3) is 0.500. The van der Waals surface area contributed by atoms with Gasteiger partial charge in [0.15, 0.2) is 0 Å². The number of hydrogen-bond acceptors (Lipinski definition) is 3. The van der Waals surface area contributed by atoms with Crippen LogP contribution in [0.25, 0.3) is 0 Å². The summed E-state index contributed by atoms with van der Waals surface area (Å²) >= 11 is 0. The number of nitrogens with two attached hydrogens (primary N) is 1. The van der Waals surface area contributed by atoms with Crippen molar-refractivity contribution in [3.05, 3.63) is 35.4 Å². The standard InChI is InChI=1S/C14H22N2O2/c1-2-18-10-8-14(17)16-11-13-5-3-12(4-6-13)7-9-15/h3-6H,2,7-11,15H2,1H3,(H,16,17). The van der Waals surface area contributed by atoms with Crippen molar-refractivity contribution >= 4 is 5.91 Å². The van der Waals surface area contributed by atoms with Crippen molar-refractivity contribution in [1.29, 1.82) is 0 Å². The molecule has 1 rings (SSSR count). The minimum Gasteiger partial charge on any atom is -0.381 e. The molecule has 0 spiro atoms. The van der Waals surface area contributed by atoms with Crippen LogP contribution in [0.4, 0.5) is 0 Å². The first kappa shape index (κ1) is 14.7. The van der Waals surface area contributed by atoms with Gasteiger partial charge in [-0.25, -0.2) is 0 Å². The summed E-state index contributed by atoms with van der Waals surface area (Å²) in [5.41, 5.74) is 7.81. The van der Waals surface area contributed by atoms with E-state index in [9.17, 15) is 4.79 Å². The van der Waals surface area contributed by atoms with E-state index in [2.05, 4.69) is 17.4 Å². The highest BCUT2D eigenvalue weighted by Crippen LogP contribution is 2.04. The SMILES string of the molecule is CCOCCC(=O)NCc1ccc(CCN)cc1. The number of nitrogens with one attached hydrogen (secondary N) is 1. The quantitative estimate of drug-likeness (QED) is 0.682. The van der Waals surface area contributed by atoms with Crippen molar-refractivity contribution in [3.63, 3.8) is 0 Å². The lowest BCUT2D eigenvalue weighted by molar-refractivity contribution is -0.122. The van der Waals surface area contributed by atoms with Gasteiger partial charge >= 0.3 is 0 Å². The zero-order valence-corrected chi connectivity index (χ0v) is 10.9.